The first-order valence-corrected chi connectivity index (χ1v) is 5.17. The van der Waals surface area contributed by atoms with Crippen molar-refractivity contribution in [2.75, 3.05) is 12.3 Å². The highest BCUT2D eigenvalue weighted by atomic mass is 16.5. The van der Waals surface area contributed by atoms with Crippen LogP contribution in [0.4, 0.5) is 5.69 Å². The van der Waals surface area contributed by atoms with E-state index in [0.29, 0.717) is 12.2 Å². The van der Waals surface area contributed by atoms with E-state index in [1.165, 1.54) is 0 Å². The normalized spacial score (nSPS) is 10.3. The Kier molecular flexibility index (Phi) is 2.77. The summed E-state index contributed by atoms with van der Waals surface area (Å²) in [5.41, 5.74) is 6.97. The predicted octanol–water partition coefficient (Wildman–Crippen LogP) is 2.60. The highest BCUT2D eigenvalue weighted by molar-refractivity contribution is 5.96. The van der Waals surface area contributed by atoms with E-state index >= 15 is 0 Å². The second kappa shape index (κ2) is 4.23. The van der Waals surface area contributed by atoms with Crippen LogP contribution in [0.25, 0.3) is 10.8 Å². The Morgan fingerprint density at radius 2 is 1.88 bits per heavy atom. The van der Waals surface area contributed by atoms with Gasteiger partial charge < -0.3 is 10.5 Å². The minimum Gasteiger partial charge on any atom is -0.462 e. The molecule has 0 unspecified atom stereocenters. The van der Waals surface area contributed by atoms with Crippen LogP contribution in [-0.4, -0.2) is 12.6 Å². The van der Waals surface area contributed by atoms with Crippen molar-refractivity contribution < 1.29 is 9.53 Å². The Balaban J connectivity index is 2.44. The Labute approximate surface area is 93.8 Å². The first-order valence-electron chi connectivity index (χ1n) is 5.17. The molecule has 16 heavy (non-hydrogen) atoms. The maximum Gasteiger partial charge on any atom is 0.338 e. The van der Waals surface area contributed by atoms with Crippen molar-refractivity contribution in [2.45, 2.75) is 6.92 Å². The van der Waals surface area contributed by atoms with Gasteiger partial charge in [-0.3, -0.25) is 0 Å². The van der Waals surface area contributed by atoms with Gasteiger partial charge in [-0.25, -0.2) is 4.79 Å². The molecule has 3 heteroatoms. The average molecular weight is 215 g/mol. The molecule has 0 atom stereocenters. The van der Waals surface area contributed by atoms with Gasteiger partial charge in [-0.1, -0.05) is 12.1 Å². The quantitative estimate of drug-likeness (QED) is 0.618. The summed E-state index contributed by atoms with van der Waals surface area (Å²) in [6.45, 7) is 2.18. The van der Waals surface area contributed by atoms with Gasteiger partial charge in [-0.2, -0.15) is 0 Å². The third kappa shape index (κ3) is 1.98. The third-order valence-electron chi connectivity index (χ3n) is 2.38. The van der Waals surface area contributed by atoms with E-state index in [-0.39, 0.29) is 5.97 Å². The number of carbonyl (C=O) groups is 1. The fourth-order valence-electron chi connectivity index (χ4n) is 1.61. The summed E-state index contributed by atoms with van der Waals surface area (Å²) in [7, 11) is 0. The minimum absolute atomic E-state index is 0.291. The second-order valence-electron chi connectivity index (χ2n) is 3.54. The SMILES string of the molecule is CCOC(=O)c1ccc2cc(N)ccc2c1. The number of ether oxygens (including phenoxy) is 1. The number of carbonyl (C=O) groups excluding carboxylic acids is 1. The van der Waals surface area contributed by atoms with E-state index in [0.717, 1.165) is 16.5 Å². The second-order valence-corrected chi connectivity index (χ2v) is 3.54. The van der Waals surface area contributed by atoms with Crippen molar-refractivity contribution in [3.63, 3.8) is 0 Å². The molecule has 0 radical (unpaired) electrons. The molecule has 2 aromatic carbocycles. The van der Waals surface area contributed by atoms with E-state index < -0.39 is 0 Å². The number of rotatable bonds is 2. The minimum atomic E-state index is -0.291. The lowest BCUT2D eigenvalue weighted by atomic mass is 10.1. The highest BCUT2D eigenvalue weighted by Gasteiger charge is 2.06. The molecule has 0 spiro atoms. The zero-order valence-electron chi connectivity index (χ0n) is 9.07. The summed E-state index contributed by atoms with van der Waals surface area (Å²) in [5, 5.41) is 2.01. The lowest BCUT2D eigenvalue weighted by molar-refractivity contribution is 0.0526. The first kappa shape index (κ1) is 10.5. The van der Waals surface area contributed by atoms with Gasteiger partial charge in [0.1, 0.15) is 0 Å². The molecule has 2 aromatic rings. The summed E-state index contributed by atoms with van der Waals surface area (Å²) in [4.78, 5) is 11.5. The molecule has 0 bridgehead atoms. The molecule has 2 N–H and O–H groups in total. The Bertz CT molecular complexity index is 534. The molecule has 0 heterocycles. The van der Waals surface area contributed by atoms with Gasteiger partial charge >= 0.3 is 5.97 Å². The maximum absolute atomic E-state index is 11.5. The van der Waals surface area contributed by atoms with Gasteiger partial charge in [0.05, 0.1) is 12.2 Å². The van der Waals surface area contributed by atoms with Crippen LogP contribution in [0.15, 0.2) is 36.4 Å². The summed E-state index contributed by atoms with van der Waals surface area (Å²) < 4.78 is 4.94. The van der Waals surface area contributed by atoms with E-state index in [1.54, 1.807) is 13.0 Å². The third-order valence-corrected chi connectivity index (χ3v) is 2.38. The van der Waals surface area contributed by atoms with Crippen LogP contribution in [0.2, 0.25) is 0 Å². The van der Waals surface area contributed by atoms with Crippen molar-refractivity contribution in [1.29, 1.82) is 0 Å². The summed E-state index contributed by atoms with van der Waals surface area (Å²) in [6.07, 6.45) is 0. The molecule has 0 aliphatic rings. The number of nitrogen functional groups attached to an aromatic ring is 1. The van der Waals surface area contributed by atoms with Crippen molar-refractivity contribution in [3.05, 3.63) is 42.0 Å². The molecule has 82 valence electrons. The zero-order valence-corrected chi connectivity index (χ0v) is 9.07. The van der Waals surface area contributed by atoms with Crippen molar-refractivity contribution in [1.82, 2.24) is 0 Å². The first-order chi connectivity index (χ1) is 7.70. The fourth-order valence-corrected chi connectivity index (χ4v) is 1.61. The molecule has 0 aromatic heterocycles. The van der Waals surface area contributed by atoms with Crippen LogP contribution in [0.1, 0.15) is 17.3 Å². The highest BCUT2D eigenvalue weighted by Crippen LogP contribution is 2.19. The number of nitrogens with two attached hydrogens (primary N) is 1. The molecule has 0 aliphatic heterocycles. The fraction of sp³-hybridized carbons (Fsp3) is 0.154. The molecule has 0 aliphatic carbocycles. The van der Waals surface area contributed by atoms with Gasteiger partial charge in [0.25, 0.3) is 0 Å². The van der Waals surface area contributed by atoms with Crippen molar-refractivity contribution in [2.24, 2.45) is 0 Å². The molecular formula is C13H13NO2. The molecular weight excluding hydrogens is 202 g/mol. The average Bonchev–Trinajstić information content (AvgIpc) is 2.28. The summed E-state index contributed by atoms with van der Waals surface area (Å²) >= 11 is 0. The zero-order chi connectivity index (χ0) is 11.5. The topological polar surface area (TPSA) is 52.3 Å². The van der Waals surface area contributed by atoms with Gasteiger partial charge in [0.15, 0.2) is 0 Å². The predicted molar refractivity (Wildman–Crippen MR) is 64.3 cm³/mol. The van der Waals surface area contributed by atoms with E-state index in [1.807, 2.05) is 30.3 Å². The number of esters is 1. The number of benzene rings is 2. The number of anilines is 1. The number of hydrogen-bond acceptors (Lipinski definition) is 3. The van der Waals surface area contributed by atoms with Crippen molar-refractivity contribution >= 4 is 22.4 Å². The number of fused-ring (bicyclic) bond motifs is 1. The Morgan fingerprint density at radius 3 is 2.62 bits per heavy atom. The van der Waals surface area contributed by atoms with E-state index in [2.05, 4.69) is 0 Å². The largest absolute Gasteiger partial charge is 0.462 e. The van der Waals surface area contributed by atoms with Gasteiger partial charge in [0, 0.05) is 5.69 Å². The van der Waals surface area contributed by atoms with Crippen LogP contribution in [-0.2, 0) is 4.74 Å². The van der Waals surface area contributed by atoms with Crippen LogP contribution in [0, 0.1) is 0 Å². The Morgan fingerprint density at radius 1 is 1.19 bits per heavy atom. The van der Waals surface area contributed by atoms with Crippen molar-refractivity contribution in [3.8, 4) is 0 Å². The van der Waals surface area contributed by atoms with Gasteiger partial charge in [-0.05, 0) is 42.0 Å². The summed E-state index contributed by atoms with van der Waals surface area (Å²) in [5.74, 6) is -0.291. The number of hydrogen-bond donors (Lipinski definition) is 1. The van der Waals surface area contributed by atoms with Crippen LogP contribution in [0.5, 0.6) is 0 Å². The lowest BCUT2D eigenvalue weighted by Crippen LogP contribution is -2.04. The smallest absolute Gasteiger partial charge is 0.338 e. The van der Waals surface area contributed by atoms with E-state index in [4.69, 9.17) is 10.5 Å². The van der Waals surface area contributed by atoms with Crippen LogP contribution in [0.3, 0.4) is 0 Å². The molecule has 2 rings (SSSR count). The molecule has 0 saturated heterocycles. The van der Waals surface area contributed by atoms with Gasteiger partial charge in [-0.15, -0.1) is 0 Å². The van der Waals surface area contributed by atoms with Gasteiger partial charge in [0.2, 0.25) is 0 Å². The molecule has 0 fully saturated rings. The maximum atomic E-state index is 11.5. The summed E-state index contributed by atoms with van der Waals surface area (Å²) in [6, 6.07) is 11.0. The molecule has 0 saturated carbocycles. The van der Waals surface area contributed by atoms with Crippen LogP contribution < -0.4 is 5.73 Å². The Hall–Kier alpha value is -2.03. The lowest BCUT2D eigenvalue weighted by Gasteiger charge is -2.04. The monoisotopic (exact) mass is 215 g/mol. The molecule has 3 nitrogen and oxygen atoms in total. The van der Waals surface area contributed by atoms with Crippen LogP contribution >= 0.6 is 0 Å². The molecule has 0 amide bonds. The standard InChI is InChI=1S/C13H13NO2/c1-2-16-13(15)11-4-3-10-8-12(14)6-5-9(10)7-11/h3-8H,2,14H2,1H3. The van der Waals surface area contributed by atoms with E-state index in [9.17, 15) is 4.79 Å².